The lowest BCUT2D eigenvalue weighted by atomic mass is 10.0. The Labute approximate surface area is 212 Å². The zero-order valence-corrected chi connectivity index (χ0v) is 21.9. The van der Waals surface area contributed by atoms with Gasteiger partial charge in [-0.3, -0.25) is 4.79 Å². The van der Waals surface area contributed by atoms with Gasteiger partial charge in [0.05, 0.1) is 24.9 Å². The monoisotopic (exact) mass is 494 g/mol. The van der Waals surface area contributed by atoms with Crippen LogP contribution in [0.25, 0.3) is 10.9 Å². The minimum Gasteiger partial charge on any atom is -0.465 e. The van der Waals surface area contributed by atoms with Gasteiger partial charge in [-0.15, -0.1) is 0 Å². The molecule has 3 rings (SSSR count). The molecule has 0 aliphatic heterocycles. The van der Waals surface area contributed by atoms with Crippen LogP contribution >= 0.6 is 12.2 Å². The number of carbonyl (C=O) groups excluding carboxylic acids is 1. The number of nitrogens with zero attached hydrogens (tertiary/aromatic N) is 2. The van der Waals surface area contributed by atoms with Crippen LogP contribution in [-0.2, 0) is 11.3 Å². The number of pyridine rings is 1. The van der Waals surface area contributed by atoms with Gasteiger partial charge >= 0.3 is 5.97 Å². The highest BCUT2D eigenvalue weighted by molar-refractivity contribution is 7.80. The number of aryl methyl sites for hydroxylation is 2. The predicted molar refractivity (Wildman–Crippen MR) is 146 cm³/mol. The number of rotatable bonds is 9. The topological polar surface area (TPSA) is 77.7 Å². The van der Waals surface area contributed by atoms with E-state index >= 15 is 0 Å². The number of likely N-dealkylation sites (N-methyl/N-ethyl adjacent to an activating group) is 1. The molecule has 8 heteroatoms. The normalized spacial score (nSPS) is 11.0. The Hall–Kier alpha value is -3.23. The number of aromatic nitrogens is 1. The van der Waals surface area contributed by atoms with Crippen LogP contribution in [0.2, 0.25) is 0 Å². The van der Waals surface area contributed by atoms with Crippen LogP contribution in [0.3, 0.4) is 0 Å². The number of fused-ring (bicyclic) bond motifs is 1. The standard InChI is InChI=1S/C27H34N4O3S/c1-6-30(7-2)12-13-31(27(35)29-23-11-9-8-10-21(23)26(33)34-5)17-20-16-22-19(4)14-18(3)15-24(22)28-25(20)32/h8-11,14-16H,6-7,12-13,17H2,1-5H3,(H,28,32)(H,29,35). The highest BCUT2D eigenvalue weighted by Gasteiger charge is 2.18. The number of para-hydroxylation sites is 1. The molecule has 0 atom stereocenters. The second kappa shape index (κ2) is 12.0. The number of hydrogen-bond donors (Lipinski definition) is 2. The summed E-state index contributed by atoms with van der Waals surface area (Å²) < 4.78 is 4.91. The second-order valence-electron chi connectivity index (χ2n) is 8.58. The van der Waals surface area contributed by atoms with Crippen LogP contribution in [0.1, 0.15) is 40.9 Å². The Morgan fingerprint density at radius 1 is 1.09 bits per heavy atom. The molecule has 0 bridgehead atoms. The van der Waals surface area contributed by atoms with E-state index in [1.807, 2.05) is 36.9 Å². The van der Waals surface area contributed by atoms with E-state index in [1.165, 1.54) is 7.11 Å². The number of nitrogens with one attached hydrogen (secondary N) is 2. The number of carbonyl (C=O) groups is 1. The van der Waals surface area contributed by atoms with Crippen molar-refractivity contribution in [2.24, 2.45) is 0 Å². The average Bonchev–Trinajstić information content (AvgIpc) is 2.84. The number of thiocarbonyl (C=S) groups is 1. The fourth-order valence-electron chi connectivity index (χ4n) is 4.17. The summed E-state index contributed by atoms with van der Waals surface area (Å²) >= 11 is 5.78. The third-order valence-electron chi connectivity index (χ3n) is 6.19. The van der Waals surface area contributed by atoms with Gasteiger partial charge in [-0.25, -0.2) is 4.79 Å². The number of benzene rings is 2. The van der Waals surface area contributed by atoms with Crippen LogP contribution in [0.5, 0.6) is 0 Å². The van der Waals surface area contributed by atoms with E-state index in [4.69, 9.17) is 17.0 Å². The summed E-state index contributed by atoms with van der Waals surface area (Å²) in [7, 11) is 1.35. The average molecular weight is 495 g/mol. The molecule has 1 aromatic heterocycles. The SMILES string of the molecule is CCN(CC)CCN(Cc1cc2c(C)cc(C)cc2[nH]c1=O)C(=S)Nc1ccccc1C(=O)OC. The number of methoxy groups -OCH3 is 1. The smallest absolute Gasteiger partial charge is 0.339 e. The molecule has 0 aliphatic rings. The summed E-state index contributed by atoms with van der Waals surface area (Å²) in [6.07, 6.45) is 0. The molecule has 1 heterocycles. The molecule has 35 heavy (non-hydrogen) atoms. The fraction of sp³-hybridized carbons (Fsp3) is 0.370. The maximum atomic E-state index is 13.0. The highest BCUT2D eigenvalue weighted by atomic mass is 32.1. The first-order valence-electron chi connectivity index (χ1n) is 11.9. The summed E-state index contributed by atoms with van der Waals surface area (Å²) in [4.78, 5) is 32.5. The molecule has 7 nitrogen and oxygen atoms in total. The van der Waals surface area contributed by atoms with Crippen LogP contribution in [0, 0.1) is 13.8 Å². The van der Waals surface area contributed by atoms with Crippen molar-refractivity contribution in [2.75, 3.05) is 38.6 Å². The first-order valence-corrected chi connectivity index (χ1v) is 12.3. The molecule has 2 aromatic carbocycles. The molecule has 186 valence electrons. The number of esters is 1. The van der Waals surface area contributed by atoms with Crippen LogP contribution in [-0.4, -0.2) is 59.2 Å². The van der Waals surface area contributed by atoms with E-state index in [0.29, 0.717) is 35.0 Å². The Morgan fingerprint density at radius 2 is 1.80 bits per heavy atom. The third kappa shape index (κ3) is 6.46. The molecule has 0 spiro atoms. The maximum absolute atomic E-state index is 13.0. The van der Waals surface area contributed by atoms with Crippen molar-refractivity contribution < 1.29 is 9.53 Å². The molecular formula is C27H34N4O3S. The predicted octanol–water partition coefficient (Wildman–Crippen LogP) is 4.47. The summed E-state index contributed by atoms with van der Waals surface area (Å²) in [6.45, 7) is 11.9. The number of aromatic amines is 1. The molecule has 3 aromatic rings. The van der Waals surface area contributed by atoms with Gasteiger partial charge in [0.2, 0.25) is 0 Å². The van der Waals surface area contributed by atoms with Gasteiger partial charge in [0.25, 0.3) is 5.56 Å². The van der Waals surface area contributed by atoms with E-state index in [2.05, 4.69) is 35.1 Å². The molecule has 0 amide bonds. The Kier molecular flexibility index (Phi) is 9.01. The van der Waals surface area contributed by atoms with Crippen molar-refractivity contribution >= 4 is 39.9 Å². The first-order chi connectivity index (χ1) is 16.8. The molecule has 0 unspecified atom stereocenters. The minimum atomic E-state index is -0.442. The van der Waals surface area contributed by atoms with Crippen molar-refractivity contribution in [1.82, 2.24) is 14.8 Å². The highest BCUT2D eigenvalue weighted by Crippen LogP contribution is 2.20. The molecular weight excluding hydrogens is 460 g/mol. The number of anilines is 1. The fourth-order valence-corrected chi connectivity index (χ4v) is 4.43. The van der Waals surface area contributed by atoms with E-state index < -0.39 is 5.97 Å². The maximum Gasteiger partial charge on any atom is 0.339 e. The largest absolute Gasteiger partial charge is 0.465 e. The Bertz CT molecular complexity index is 1270. The van der Waals surface area contributed by atoms with Gasteiger partial charge in [-0.2, -0.15) is 0 Å². The number of hydrogen-bond acceptors (Lipinski definition) is 5. The van der Waals surface area contributed by atoms with Crippen molar-refractivity contribution in [2.45, 2.75) is 34.2 Å². The Balaban J connectivity index is 1.93. The van der Waals surface area contributed by atoms with Gasteiger partial charge in [0.15, 0.2) is 5.11 Å². The molecule has 0 saturated heterocycles. The summed E-state index contributed by atoms with van der Waals surface area (Å²) in [5.41, 5.74) is 4.52. The molecule has 0 radical (unpaired) electrons. The van der Waals surface area contributed by atoms with Crippen molar-refractivity contribution in [3.8, 4) is 0 Å². The molecule has 0 saturated carbocycles. The van der Waals surface area contributed by atoms with E-state index in [1.54, 1.807) is 18.2 Å². The van der Waals surface area contributed by atoms with Crippen molar-refractivity contribution in [3.63, 3.8) is 0 Å². The zero-order chi connectivity index (χ0) is 25.5. The first kappa shape index (κ1) is 26.4. The molecule has 0 fully saturated rings. The quantitative estimate of drug-likeness (QED) is 0.336. The zero-order valence-electron chi connectivity index (χ0n) is 21.1. The number of H-pyrrole nitrogens is 1. The van der Waals surface area contributed by atoms with Crippen LogP contribution in [0.4, 0.5) is 5.69 Å². The number of ether oxygens (including phenoxy) is 1. The van der Waals surface area contributed by atoms with Crippen molar-refractivity contribution in [3.05, 3.63) is 75.1 Å². The Morgan fingerprint density at radius 3 is 2.49 bits per heavy atom. The summed E-state index contributed by atoms with van der Waals surface area (Å²) in [5, 5.41) is 4.66. The van der Waals surface area contributed by atoms with Gasteiger partial charge in [0, 0.05) is 29.6 Å². The van der Waals surface area contributed by atoms with E-state index in [0.717, 1.165) is 41.7 Å². The molecule has 2 N–H and O–H groups in total. The van der Waals surface area contributed by atoms with Crippen LogP contribution in [0.15, 0.2) is 47.3 Å². The molecule has 0 aliphatic carbocycles. The minimum absolute atomic E-state index is 0.131. The van der Waals surface area contributed by atoms with Crippen molar-refractivity contribution in [1.29, 1.82) is 0 Å². The van der Waals surface area contributed by atoms with E-state index in [9.17, 15) is 9.59 Å². The van der Waals surface area contributed by atoms with Crippen LogP contribution < -0.4 is 10.9 Å². The summed E-state index contributed by atoms with van der Waals surface area (Å²) in [5.74, 6) is -0.442. The second-order valence-corrected chi connectivity index (χ2v) is 8.97. The van der Waals surface area contributed by atoms with Gasteiger partial charge in [-0.1, -0.05) is 32.0 Å². The van der Waals surface area contributed by atoms with Gasteiger partial charge < -0.3 is 24.8 Å². The van der Waals surface area contributed by atoms with Gasteiger partial charge in [-0.05, 0) is 74.5 Å². The van der Waals surface area contributed by atoms with Gasteiger partial charge in [0.1, 0.15) is 0 Å². The lowest BCUT2D eigenvalue weighted by molar-refractivity contribution is 0.0602. The third-order valence-corrected chi connectivity index (χ3v) is 6.55. The summed E-state index contributed by atoms with van der Waals surface area (Å²) in [6, 6.07) is 13.1. The lowest BCUT2D eigenvalue weighted by Gasteiger charge is -2.29. The van der Waals surface area contributed by atoms with E-state index in [-0.39, 0.29) is 5.56 Å². The lowest BCUT2D eigenvalue weighted by Crippen LogP contribution is -2.41.